The maximum atomic E-state index is 13.3. The van der Waals surface area contributed by atoms with Crippen molar-refractivity contribution in [3.05, 3.63) is 239 Å². The second kappa shape index (κ2) is 22.3. The summed E-state index contributed by atoms with van der Waals surface area (Å²) in [5.74, 6) is -2.23. The first kappa shape index (κ1) is 47.0. The van der Waals surface area contributed by atoms with Gasteiger partial charge in [-0.2, -0.15) is 0 Å². The summed E-state index contributed by atoms with van der Waals surface area (Å²) in [6, 6.07) is 54.8. The van der Waals surface area contributed by atoms with Crippen molar-refractivity contribution in [1.82, 2.24) is 0 Å². The number of nitrogens with one attached hydrogen (secondary N) is 2. The molecule has 0 heterocycles. The highest BCUT2D eigenvalue weighted by Crippen LogP contribution is 2.30. The van der Waals surface area contributed by atoms with Gasteiger partial charge in [0.25, 0.3) is 5.91 Å². The molecule has 348 valence electrons. The van der Waals surface area contributed by atoms with E-state index in [1.807, 2.05) is 97.1 Å². The zero-order valence-corrected chi connectivity index (χ0v) is 37.1. The molecule has 4 N–H and O–H groups in total. The minimum atomic E-state index is -1.32. The van der Waals surface area contributed by atoms with Gasteiger partial charge in [0.05, 0.1) is 33.5 Å². The molecule has 0 bridgehead atoms. The lowest BCUT2D eigenvalue weighted by Crippen LogP contribution is -2.18. The lowest BCUT2D eigenvalue weighted by molar-refractivity contribution is 0.0463. The van der Waals surface area contributed by atoms with Gasteiger partial charge in [0, 0.05) is 5.69 Å². The number of rotatable bonds is 19. The number of hydrogen-bond donors (Lipinski definition) is 4. The van der Waals surface area contributed by atoms with Crippen molar-refractivity contribution in [3.63, 3.8) is 0 Å². The van der Waals surface area contributed by atoms with Gasteiger partial charge in [-0.15, -0.1) is 0 Å². The smallest absolute Gasteiger partial charge is 0.338 e. The summed E-state index contributed by atoms with van der Waals surface area (Å²) in [4.78, 5) is 68.2. The number of carboxylic acid groups (broad SMARTS) is 2. The molecule has 0 aliphatic heterocycles. The molecule has 0 aliphatic rings. The van der Waals surface area contributed by atoms with Crippen molar-refractivity contribution >= 4 is 41.2 Å². The summed E-state index contributed by atoms with van der Waals surface area (Å²) < 4.78 is 22.8. The van der Waals surface area contributed by atoms with Crippen LogP contribution < -0.4 is 20.3 Å². The number of esters is 2. The molecule has 14 heteroatoms. The molecule has 1 amide bonds. The molecule has 0 aromatic heterocycles. The van der Waals surface area contributed by atoms with Gasteiger partial charge < -0.3 is 34.5 Å². The molecule has 0 atom stereocenters. The Kier molecular flexibility index (Phi) is 15.0. The van der Waals surface area contributed by atoms with E-state index in [0.717, 1.165) is 22.3 Å². The average Bonchev–Trinajstić information content (AvgIpc) is 3.39. The molecule has 0 saturated carbocycles. The molecule has 0 radical (unpaired) electrons. The van der Waals surface area contributed by atoms with E-state index in [2.05, 4.69) is 10.8 Å². The van der Waals surface area contributed by atoms with Crippen LogP contribution in [0.25, 0.3) is 11.1 Å². The van der Waals surface area contributed by atoms with Crippen LogP contribution >= 0.6 is 0 Å². The number of hydrogen-bond acceptors (Lipinski definition) is 11. The van der Waals surface area contributed by atoms with E-state index in [1.54, 1.807) is 60.7 Å². The highest BCUT2D eigenvalue weighted by Gasteiger charge is 2.21. The van der Waals surface area contributed by atoms with Crippen LogP contribution in [0.4, 0.5) is 11.4 Å². The van der Waals surface area contributed by atoms with Gasteiger partial charge in [-0.1, -0.05) is 84.9 Å². The Balaban J connectivity index is 0.802. The first-order valence-electron chi connectivity index (χ1n) is 21.7. The van der Waals surface area contributed by atoms with Crippen LogP contribution in [0.15, 0.2) is 194 Å². The lowest BCUT2D eigenvalue weighted by Gasteiger charge is -2.12. The topological polar surface area (TPSA) is 196 Å². The van der Waals surface area contributed by atoms with Crippen LogP contribution in [0.1, 0.15) is 68.5 Å². The Hall–Kier alpha value is -9.53. The van der Waals surface area contributed by atoms with Crippen LogP contribution in [0.5, 0.6) is 23.0 Å². The molecule has 0 fully saturated rings. The Morgan fingerprint density at radius 1 is 0.414 bits per heavy atom. The third-order valence-electron chi connectivity index (χ3n) is 10.6. The standard InChI is InChI=1S/C56H42N2O12/c59-52(51-32-41(16-30-50(51)54(62)63)56(65)67-34-37-9-5-2-6-10-37)57-43-17-25-47(26-18-43)69-45-21-11-38(12-22-45)39-13-23-46(24-14-39)70-48-27-19-44(20-28-48)58-68-35-42-31-40(15-29-49(42)53(60)61)55(64)66-33-36-7-3-1-4-8-36/h1-32,58H,33-35H2,(H,57,59)(H,60,61)(H,62,63). The predicted molar refractivity (Wildman–Crippen MR) is 259 cm³/mol. The maximum Gasteiger partial charge on any atom is 0.338 e. The minimum absolute atomic E-state index is 0.00271. The number of anilines is 2. The minimum Gasteiger partial charge on any atom is -0.478 e. The van der Waals surface area contributed by atoms with Crippen molar-refractivity contribution < 1.29 is 58.0 Å². The molecular weight excluding hydrogens is 893 g/mol. The second-order valence-electron chi connectivity index (χ2n) is 15.5. The van der Waals surface area contributed by atoms with Crippen molar-refractivity contribution in [2.24, 2.45) is 0 Å². The fraction of sp³-hybridized carbons (Fsp3) is 0.0536. The Bertz CT molecular complexity index is 3130. The van der Waals surface area contributed by atoms with E-state index in [1.165, 1.54) is 36.4 Å². The molecule has 0 saturated heterocycles. The van der Waals surface area contributed by atoms with Gasteiger partial charge in [0.15, 0.2) is 0 Å². The molecule has 70 heavy (non-hydrogen) atoms. The zero-order chi connectivity index (χ0) is 48.8. The Morgan fingerprint density at radius 3 is 1.31 bits per heavy atom. The van der Waals surface area contributed by atoms with E-state index in [0.29, 0.717) is 39.9 Å². The van der Waals surface area contributed by atoms with Gasteiger partial charge in [0.2, 0.25) is 0 Å². The summed E-state index contributed by atoms with van der Waals surface area (Å²) in [5.41, 5.74) is 7.31. The van der Waals surface area contributed by atoms with E-state index in [-0.39, 0.29) is 47.6 Å². The third-order valence-corrected chi connectivity index (χ3v) is 10.6. The number of carbonyl (C=O) groups excluding carboxylic acids is 3. The van der Waals surface area contributed by atoms with E-state index in [4.69, 9.17) is 23.8 Å². The summed E-state index contributed by atoms with van der Waals surface area (Å²) in [6.45, 7) is -0.0416. The SMILES string of the molecule is O=C(OCc1ccccc1)c1ccc(C(=O)O)c(CONc2ccc(Oc3ccc(-c4ccc(Oc5ccc(NC(=O)c6cc(C(=O)OCc7ccccc7)ccc6C(=O)O)cc5)cc4)cc3)cc2)c1. The number of carboxylic acids is 2. The van der Waals surface area contributed by atoms with Gasteiger partial charge in [-0.25, -0.2) is 19.2 Å². The highest BCUT2D eigenvalue weighted by atomic mass is 16.6. The van der Waals surface area contributed by atoms with Gasteiger partial charge in [-0.3, -0.25) is 15.1 Å². The van der Waals surface area contributed by atoms with Crippen molar-refractivity contribution in [2.75, 3.05) is 10.8 Å². The Labute approximate surface area is 401 Å². The van der Waals surface area contributed by atoms with Crippen molar-refractivity contribution in [3.8, 4) is 34.1 Å². The fourth-order valence-corrected chi connectivity index (χ4v) is 7.00. The second-order valence-corrected chi connectivity index (χ2v) is 15.5. The van der Waals surface area contributed by atoms with Crippen molar-refractivity contribution in [1.29, 1.82) is 0 Å². The molecule has 8 rings (SSSR count). The fourth-order valence-electron chi connectivity index (χ4n) is 7.00. The highest BCUT2D eigenvalue weighted by molar-refractivity contribution is 6.12. The van der Waals surface area contributed by atoms with Crippen LogP contribution in [0, 0.1) is 0 Å². The van der Waals surface area contributed by atoms with E-state index < -0.39 is 29.8 Å². The normalized spacial score (nSPS) is 10.6. The summed E-state index contributed by atoms with van der Waals surface area (Å²) in [7, 11) is 0. The first-order chi connectivity index (χ1) is 34.0. The Morgan fingerprint density at radius 2 is 0.843 bits per heavy atom. The number of ether oxygens (including phenoxy) is 4. The molecule has 8 aromatic carbocycles. The largest absolute Gasteiger partial charge is 0.478 e. The zero-order valence-electron chi connectivity index (χ0n) is 37.1. The number of benzene rings is 8. The van der Waals surface area contributed by atoms with Gasteiger partial charge in [0.1, 0.15) is 42.8 Å². The van der Waals surface area contributed by atoms with Gasteiger partial charge in [-0.05, 0) is 137 Å². The average molecular weight is 935 g/mol. The number of amides is 1. The molecule has 14 nitrogen and oxygen atoms in total. The van der Waals surface area contributed by atoms with Crippen LogP contribution in [-0.2, 0) is 34.1 Å². The summed E-state index contributed by atoms with van der Waals surface area (Å²) in [5, 5.41) is 22.1. The third kappa shape index (κ3) is 12.5. The molecular formula is C56H42N2O12. The molecule has 0 aliphatic carbocycles. The van der Waals surface area contributed by atoms with E-state index >= 15 is 0 Å². The predicted octanol–water partition coefficient (Wildman–Crippen LogP) is 11.8. The molecule has 0 unspecified atom stereocenters. The van der Waals surface area contributed by atoms with Crippen LogP contribution in [0.2, 0.25) is 0 Å². The quantitative estimate of drug-likeness (QED) is 0.0442. The first-order valence-corrected chi connectivity index (χ1v) is 21.7. The number of aromatic carboxylic acids is 2. The van der Waals surface area contributed by atoms with Crippen molar-refractivity contribution in [2.45, 2.75) is 19.8 Å². The maximum absolute atomic E-state index is 13.3. The van der Waals surface area contributed by atoms with E-state index in [9.17, 15) is 34.2 Å². The monoisotopic (exact) mass is 934 g/mol. The van der Waals surface area contributed by atoms with Gasteiger partial charge >= 0.3 is 23.9 Å². The molecule has 0 spiro atoms. The molecule has 8 aromatic rings. The summed E-state index contributed by atoms with van der Waals surface area (Å²) in [6.07, 6.45) is 0. The van der Waals surface area contributed by atoms with Crippen LogP contribution in [-0.4, -0.2) is 40.0 Å². The van der Waals surface area contributed by atoms with Crippen LogP contribution in [0.3, 0.4) is 0 Å². The summed E-state index contributed by atoms with van der Waals surface area (Å²) >= 11 is 0. The lowest BCUT2D eigenvalue weighted by atomic mass is 10.0. The number of carbonyl (C=O) groups is 5.